The van der Waals surface area contributed by atoms with Crippen LogP contribution in [0.2, 0.25) is 0 Å². The summed E-state index contributed by atoms with van der Waals surface area (Å²) in [6.45, 7) is 0. The Morgan fingerprint density at radius 3 is 3.07 bits per heavy atom. The lowest BCUT2D eigenvalue weighted by molar-refractivity contribution is -0.136. The van der Waals surface area contributed by atoms with Crippen molar-refractivity contribution < 1.29 is 18.8 Å². The van der Waals surface area contributed by atoms with Crippen LogP contribution in [0.25, 0.3) is 11.6 Å². The van der Waals surface area contributed by atoms with Crippen molar-refractivity contribution in [3.63, 3.8) is 0 Å². The van der Waals surface area contributed by atoms with Gasteiger partial charge in [0.2, 0.25) is 11.7 Å². The highest BCUT2D eigenvalue weighted by Gasteiger charge is 2.12. The molecule has 6 heteroatoms. The van der Waals surface area contributed by atoms with Crippen LogP contribution in [0.5, 0.6) is 0 Å². The molecular formula is C8H6N2O4. The van der Waals surface area contributed by atoms with E-state index in [0.29, 0.717) is 5.76 Å². The molecule has 1 N–H and O–H groups in total. The summed E-state index contributed by atoms with van der Waals surface area (Å²) in [5.74, 6) is -0.250. The molecule has 0 unspecified atom stereocenters. The number of hydrogen-bond acceptors (Lipinski definition) is 5. The molecule has 0 saturated heterocycles. The summed E-state index contributed by atoms with van der Waals surface area (Å²) >= 11 is 0. The summed E-state index contributed by atoms with van der Waals surface area (Å²) in [7, 11) is 0. The first-order valence-electron chi connectivity index (χ1n) is 3.84. The van der Waals surface area contributed by atoms with Crippen LogP contribution < -0.4 is 0 Å². The van der Waals surface area contributed by atoms with E-state index in [-0.39, 0.29) is 18.1 Å². The number of aromatic nitrogens is 2. The van der Waals surface area contributed by atoms with Gasteiger partial charge < -0.3 is 14.0 Å². The van der Waals surface area contributed by atoms with Crippen molar-refractivity contribution in [3.05, 3.63) is 24.3 Å². The number of furan rings is 1. The molecule has 0 aliphatic carbocycles. The lowest BCUT2D eigenvalue weighted by Crippen LogP contribution is -1.99. The van der Waals surface area contributed by atoms with Crippen molar-refractivity contribution in [2.45, 2.75) is 6.42 Å². The summed E-state index contributed by atoms with van der Waals surface area (Å²) in [5, 5.41) is 12.0. The molecule has 0 aromatic carbocycles. The molecule has 0 radical (unpaired) electrons. The van der Waals surface area contributed by atoms with Crippen molar-refractivity contribution in [1.82, 2.24) is 10.1 Å². The largest absolute Gasteiger partial charge is 0.481 e. The highest BCUT2D eigenvalue weighted by atomic mass is 16.5. The third kappa shape index (κ3) is 1.63. The second-order valence-corrected chi connectivity index (χ2v) is 2.56. The molecular weight excluding hydrogens is 188 g/mol. The average Bonchev–Trinajstić information content (AvgIpc) is 2.69. The van der Waals surface area contributed by atoms with Gasteiger partial charge in [-0.15, -0.1) is 0 Å². The molecule has 14 heavy (non-hydrogen) atoms. The summed E-state index contributed by atoms with van der Waals surface area (Å²) in [6.07, 6.45) is 1.19. The molecule has 0 aliphatic heterocycles. The zero-order valence-electron chi connectivity index (χ0n) is 7.01. The van der Waals surface area contributed by atoms with Gasteiger partial charge in [0.05, 0.1) is 6.26 Å². The van der Waals surface area contributed by atoms with Gasteiger partial charge in [-0.2, -0.15) is 4.98 Å². The van der Waals surface area contributed by atoms with Crippen molar-refractivity contribution in [2.24, 2.45) is 0 Å². The predicted octanol–water partition coefficient (Wildman–Crippen LogP) is 0.957. The zero-order chi connectivity index (χ0) is 9.97. The minimum absolute atomic E-state index is 0.0592. The standard InChI is InChI=1S/C8H6N2O4/c11-7(12)4-6-9-8(10-14-6)5-2-1-3-13-5/h1-3H,4H2,(H,11,12). The number of carboxylic acid groups (broad SMARTS) is 1. The molecule has 2 aromatic rings. The fraction of sp³-hybridized carbons (Fsp3) is 0.125. The number of carboxylic acids is 1. The molecule has 2 rings (SSSR count). The second kappa shape index (κ2) is 3.33. The van der Waals surface area contributed by atoms with Crippen LogP contribution in [0.1, 0.15) is 5.89 Å². The van der Waals surface area contributed by atoms with Crippen LogP contribution in [0, 0.1) is 0 Å². The summed E-state index contributed by atoms with van der Waals surface area (Å²) < 4.78 is 9.70. The molecule has 0 bridgehead atoms. The van der Waals surface area contributed by atoms with Crippen LogP contribution in [0.3, 0.4) is 0 Å². The molecule has 72 valence electrons. The number of carbonyl (C=O) groups is 1. The van der Waals surface area contributed by atoms with Crippen LogP contribution in [0.4, 0.5) is 0 Å². The van der Waals surface area contributed by atoms with Crippen molar-refractivity contribution >= 4 is 5.97 Å². The molecule has 0 atom stereocenters. The van der Waals surface area contributed by atoms with E-state index in [1.165, 1.54) is 6.26 Å². The van der Waals surface area contributed by atoms with Crippen LogP contribution in [-0.4, -0.2) is 21.2 Å². The van der Waals surface area contributed by atoms with Gasteiger partial charge in [0.15, 0.2) is 5.76 Å². The highest BCUT2D eigenvalue weighted by molar-refractivity contribution is 5.68. The Kier molecular flexibility index (Phi) is 2.02. The number of aliphatic carboxylic acids is 1. The Bertz CT molecular complexity index is 432. The fourth-order valence-electron chi connectivity index (χ4n) is 0.962. The normalized spacial score (nSPS) is 10.3. The maximum atomic E-state index is 10.3. The SMILES string of the molecule is O=C(O)Cc1nc(-c2ccco2)no1. The van der Waals surface area contributed by atoms with Crippen LogP contribution >= 0.6 is 0 Å². The molecule has 0 fully saturated rings. The number of hydrogen-bond donors (Lipinski definition) is 1. The van der Waals surface area contributed by atoms with Gasteiger partial charge in [-0.25, -0.2) is 0 Å². The number of nitrogens with zero attached hydrogens (tertiary/aromatic N) is 2. The Morgan fingerprint density at radius 2 is 2.43 bits per heavy atom. The molecule has 2 heterocycles. The monoisotopic (exact) mass is 194 g/mol. The van der Waals surface area contributed by atoms with Crippen LogP contribution in [0.15, 0.2) is 27.3 Å². The Hall–Kier alpha value is -2.11. The maximum Gasteiger partial charge on any atom is 0.312 e. The maximum absolute atomic E-state index is 10.3. The first-order valence-corrected chi connectivity index (χ1v) is 3.84. The predicted molar refractivity (Wildman–Crippen MR) is 43.3 cm³/mol. The van der Waals surface area contributed by atoms with E-state index in [1.54, 1.807) is 12.1 Å². The van der Waals surface area contributed by atoms with Gasteiger partial charge in [0, 0.05) is 0 Å². The molecule has 6 nitrogen and oxygen atoms in total. The molecule has 0 amide bonds. The van der Waals surface area contributed by atoms with Gasteiger partial charge >= 0.3 is 5.97 Å². The third-order valence-electron chi connectivity index (χ3n) is 1.51. The summed E-state index contributed by atoms with van der Waals surface area (Å²) in [4.78, 5) is 14.2. The van der Waals surface area contributed by atoms with E-state index in [9.17, 15) is 4.79 Å². The average molecular weight is 194 g/mol. The van der Waals surface area contributed by atoms with E-state index in [1.807, 2.05) is 0 Å². The fourth-order valence-corrected chi connectivity index (χ4v) is 0.962. The third-order valence-corrected chi connectivity index (χ3v) is 1.51. The van der Waals surface area contributed by atoms with Crippen molar-refractivity contribution in [2.75, 3.05) is 0 Å². The summed E-state index contributed by atoms with van der Waals surface area (Å²) in [5.41, 5.74) is 0. The quantitative estimate of drug-likeness (QED) is 0.782. The van der Waals surface area contributed by atoms with Gasteiger partial charge in [0.1, 0.15) is 6.42 Å². The first kappa shape index (κ1) is 8.49. The van der Waals surface area contributed by atoms with E-state index in [0.717, 1.165) is 0 Å². The van der Waals surface area contributed by atoms with Gasteiger partial charge in [-0.3, -0.25) is 4.79 Å². The smallest absolute Gasteiger partial charge is 0.312 e. The Labute approximate surface area is 78.2 Å². The molecule has 0 saturated carbocycles. The van der Waals surface area contributed by atoms with Gasteiger partial charge in [-0.05, 0) is 12.1 Å². The van der Waals surface area contributed by atoms with E-state index < -0.39 is 5.97 Å². The summed E-state index contributed by atoms with van der Waals surface area (Å²) in [6, 6.07) is 3.35. The first-order chi connectivity index (χ1) is 6.75. The van der Waals surface area contributed by atoms with E-state index in [2.05, 4.69) is 10.1 Å². The van der Waals surface area contributed by atoms with E-state index >= 15 is 0 Å². The van der Waals surface area contributed by atoms with Gasteiger partial charge in [-0.1, -0.05) is 5.16 Å². The highest BCUT2D eigenvalue weighted by Crippen LogP contribution is 2.15. The second-order valence-electron chi connectivity index (χ2n) is 2.56. The lowest BCUT2D eigenvalue weighted by Gasteiger charge is -1.83. The molecule has 0 spiro atoms. The topological polar surface area (TPSA) is 89.4 Å². The minimum Gasteiger partial charge on any atom is -0.481 e. The Morgan fingerprint density at radius 1 is 1.57 bits per heavy atom. The minimum atomic E-state index is -1.01. The molecule has 2 aromatic heterocycles. The number of rotatable bonds is 3. The van der Waals surface area contributed by atoms with Crippen molar-refractivity contribution in [3.8, 4) is 11.6 Å². The molecule has 0 aliphatic rings. The van der Waals surface area contributed by atoms with Crippen molar-refractivity contribution in [1.29, 1.82) is 0 Å². The van der Waals surface area contributed by atoms with E-state index in [4.69, 9.17) is 14.0 Å². The Balaban J connectivity index is 2.22. The lowest BCUT2D eigenvalue weighted by atomic mass is 10.4. The van der Waals surface area contributed by atoms with Gasteiger partial charge in [0.25, 0.3) is 0 Å². The zero-order valence-corrected chi connectivity index (χ0v) is 7.01. The van der Waals surface area contributed by atoms with Crippen LogP contribution in [-0.2, 0) is 11.2 Å².